The molecule has 0 rings (SSSR count). The number of esters is 1. The van der Waals surface area contributed by atoms with Crippen LogP contribution in [0.4, 0.5) is 0 Å². The summed E-state index contributed by atoms with van der Waals surface area (Å²) in [5, 5.41) is 9.52. The minimum atomic E-state index is -0.999. The summed E-state index contributed by atoms with van der Waals surface area (Å²) in [5.41, 5.74) is 0.332. The molecule has 0 aromatic carbocycles. The van der Waals surface area contributed by atoms with E-state index in [4.69, 9.17) is 9.47 Å². The molecule has 0 spiro atoms. The maximum atomic E-state index is 11.1. The van der Waals surface area contributed by atoms with E-state index in [0.29, 0.717) is 12.2 Å². The molecule has 1 atom stereocenters. The van der Waals surface area contributed by atoms with Crippen molar-refractivity contribution in [1.29, 1.82) is 0 Å². The van der Waals surface area contributed by atoms with Gasteiger partial charge in [0.1, 0.15) is 12.7 Å². The first-order valence-electron chi connectivity index (χ1n) is 6.31. The lowest BCUT2D eigenvalue weighted by Crippen LogP contribution is -2.25. The molecule has 1 N–H and O–H groups in total. The number of hydrogen-bond donors (Lipinski definition) is 1. The molecule has 0 amide bonds. The third kappa shape index (κ3) is 10.5. The van der Waals surface area contributed by atoms with Gasteiger partial charge in [-0.15, -0.1) is 0 Å². The van der Waals surface area contributed by atoms with Crippen molar-refractivity contribution >= 4 is 14.0 Å². The third-order valence-electron chi connectivity index (χ3n) is 2.28. The van der Waals surface area contributed by atoms with Gasteiger partial charge in [0.25, 0.3) is 0 Å². The lowest BCUT2D eigenvalue weighted by atomic mass is 10.3. The standard InChI is InChI=1S/C13H26O4Si/c1-11(2)13(15)17-10-12(14)9-16-7-6-8-18(3,4)5/h12,14H,1,6-10H2,2-5H3. The molecule has 0 aromatic rings. The zero-order valence-corrected chi connectivity index (χ0v) is 13.0. The first kappa shape index (κ1) is 17.3. The maximum absolute atomic E-state index is 11.1. The van der Waals surface area contributed by atoms with E-state index in [-0.39, 0.29) is 13.2 Å². The molecular weight excluding hydrogens is 248 g/mol. The Morgan fingerprint density at radius 2 is 1.94 bits per heavy atom. The lowest BCUT2D eigenvalue weighted by molar-refractivity contribution is -0.143. The van der Waals surface area contributed by atoms with Crippen LogP contribution in [0.5, 0.6) is 0 Å². The van der Waals surface area contributed by atoms with Crippen LogP contribution in [-0.2, 0) is 14.3 Å². The van der Waals surface area contributed by atoms with Gasteiger partial charge in [-0.3, -0.25) is 0 Å². The second-order valence-corrected chi connectivity index (χ2v) is 11.4. The van der Waals surface area contributed by atoms with Crippen LogP contribution in [0.15, 0.2) is 12.2 Å². The maximum Gasteiger partial charge on any atom is 0.333 e. The van der Waals surface area contributed by atoms with Crippen molar-refractivity contribution < 1.29 is 19.4 Å². The average molecular weight is 274 g/mol. The highest BCUT2D eigenvalue weighted by Gasteiger charge is 2.12. The quantitative estimate of drug-likeness (QED) is 0.303. The summed E-state index contributed by atoms with van der Waals surface area (Å²) in [4.78, 5) is 11.1. The fraction of sp³-hybridized carbons (Fsp3) is 0.769. The summed E-state index contributed by atoms with van der Waals surface area (Å²) in [6.07, 6.45) is 0.258. The van der Waals surface area contributed by atoms with E-state index in [9.17, 15) is 9.90 Å². The van der Waals surface area contributed by atoms with Crippen LogP contribution in [0, 0.1) is 0 Å². The Morgan fingerprint density at radius 3 is 2.44 bits per heavy atom. The molecule has 0 aliphatic rings. The predicted octanol–water partition coefficient (Wildman–Crippen LogP) is 2.21. The van der Waals surface area contributed by atoms with Crippen molar-refractivity contribution in [3.05, 3.63) is 12.2 Å². The number of ether oxygens (including phenoxy) is 2. The zero-order valence-electron chi connectivity index (χ0n) is 12.0. The Kier molecular flexibility index (Phi) is 8.14. The summed E-state index contributed by atoms with van der Waals surface area (Å²) in [6.45, 7) is 12.8. The van der Waals surface area contributed by atoms with Crippen molar-refractivity contribution in [3.8, 4) is 0 Å². The highest BCUT2D eigenvalue weighted by Crippen LogP contribution is 2.10. The van der Waals surface area contributed by atoms with Gasteiger partial charge >= 0.3 is 5.97 Å². The van der Waals surface area contributed by atoms with Gasteiger partial charge in [-0.1, -0.05) is 32.3 Å². The molecule has 18 heavy (non-hydrogen) atoms. The van der Waals surface area contributed by atoms with Crippen LogP contribution in [0.2, 0.25) is 25.7 Å². The molecule has 0 fully saturated rings. The van der Waals surface area contributed by atoms with E-state index in [2.05, 4.69) is 26.2 Å². The van der Waals surface area contributed by atoms with Crippen LogP contribution in [0.3, 0.4) is 0 Å². The second-order valence-electron chi connectivity index (χ2n) is 5.77. The number of aliphatic hydroxyl groups excluding tert-OH is 1. The second kappa shape index (κ2) is 8.45. The fourth-order valence-corrected chi connectivity index (χ4v) is 2.47. The topological polar surface area (TPSA) is 55.8 Å². The fourth-order valence-electron chi connectivity index (χ4n) is 1.27. The van der Waals surface area contributed by atoms with Crippen LogP contribution in [0.25, 0.3) is 0 Å². The normalized spacial score (nSPS) is 13.2. The molecule has 0 heterocycles. The van der Waals surface area contributed by atoms with Crippen molar-refractivity contribution in [2.75, 3.05) is 19.8 Å². The molecule has 0 bridgehead atoms. The minimum Gasteiger partial charge on any atom is -0.460 e. The number of carbonyl (C=O) groups excluding carboxylic acids is 1. The largest absolute Gasteiger partial charge is 0.460 e. The smallest absolute Gasteiger partial charge is 0.333 e. The van der Waals surface area contributed by atoms with Crippen LogP contribution in [-0.4, -0.2) is 45.1 Å². The molecular formula is C13H26O4Si. The van der Waals surface area contributed by atoms with E-state index in [1.54, 1.807) is 6.92 Å². The molecule has 106 valence electrons. The number of rotatable bonds is 9. The molecule has 0 saturated carbocycles. The first-order chi connectivity index (χ1) is 8.22. The molecule has 1 unspecified atom stereocenters. The van der Waals surface area contributed by atoms with Gasteiger partial charge in [-0.05, 0) is 13.3 Å². The average Bonchev–Trinajstić information content (AvgIpc) is 2.23. The Labute approximate surface area is 111 Å². The van der Waals surface area contributed by atoms with Crippen molar-refractivity contribution in [2.45, 2.75) is 45.1 Å². The van der Waals surface area contributed by atoms with Gasteiger partial charge in [0.2, 0.25) is 0 Å². The van der Waals surface area contributed by atoms with Crippen LogP contribution in [0.1, 0.15) is 13.3 Å². The molecule has 0 aliphatic carbocycles. The van der Waals surface area contributed by atoms with Crippen molar-refractivity contribution in [2.24, 2.45) is 0 Å². The first-order valence-corrected chi connectivity index (χ1v) is 10.0. The van der Waals surface area contributed by atoms with Gasteiger partial charge in [0, 0.05) is 20.3 Å². The Hall–Kier alpha value is -0.653. The minimum absolute atomic E-state index is 0.0420. The number of hydrogen-bond acceptors (Lipinski definition) is 4. The van der Waals surface area contributed by atoms with Crippen LogP contribution >= 0.6 is 0 Å². The van der Waals surface area contributed by atoms with Crippen molar-refractivity contribution in [3.63, 3.8) is 0 Å². The van der Waals surface area contributed by atoms with E-state index < -0.39 is 20.1 Å². The number of aliphatic hydroxyl groups is 1. The van der Waals surface area contributed by atoms with E-state index in [0.717, 1.165) is 6.42 Å². The summed E-state index contributed by atoms with van der Waals surface area (Å²) >= 11 is 0. The van der Waals surface area contributed by atoms with Crippen molar-refractivity contribution in [1.82, 2.24) is 0 Å². The Morgan fingerprint density at radius 1 is 1.33 bits per heavy atom. The van der Waals surface area contributed by atoms with Gasteiger partial charge in [0.05, 0.1) is 6.61 Å². The predicted molar refractivity (Wildman–Crippen MR) is 75.4 cm³/mol. The summed E-state index contributed by atoms with van der Waals surface area (Å²) in [6, 6.07) is 1.22. The van der Waals surface area contributed by atoms with E-state index in [1.165, 1.54) is 6.04 Å². The zero-order chi connectivity index (χ0) is 14.2. The van der Waals surface area contributed by atoms with E-state index >= 15 is 0 Å². The lowest BCUT2D eigenvalue weighted by Gasteiger charge is -2.16. The van der Waals surface area contributed by atoms with Gasteiger partial charge in [0.15, 0.2) is 0 Å². The molecule has 0 saturated heterocycles. The molecule has 0 aliphatic heterocycles. The summed E-state index contributed by atoms with van der Waals surface area (Å²) < 4.78 is 10.2. The van der Waals surface area contributed by atoms with Gasteiger partial charge in [-0.25, -0.2) is 4.79 Å². The molecule has 0 aromatic heterocycles. The van der Waals surface area contributed by atoms with Crippen LogP contribution < -0.4 is 0 Å². The van der Waals surface area contributed by atoms with E-state index in [1.807, 2.05) is 0 Å². The van der Waals surface area contributed by atoms with Gasteiger partial charge in [-0.2, -0.15) is 0 Å². The Balaban J connectivity index is 3.51. The summed E-state index contributed by atoms with van der Waals surface area (Å²) in [7, 11) is -0.999. The molecule has 5 heteroatoms. The van der Waals surface area contributed by atoms with Gasteiger partial charge < -0.3 is 14.6 Å². The summed E-state index contributed by atoms with van der Waals surface area (Å²) in [5.74, 6) is -0.479. The monoisotopic (exact) mass is 274 g/mol. The number of carbonyl (C=O) groups is 1. The highest BCUT2D eigenvalue weighted by atomic mass is 28.3. The molecule has 4 nitrogen and oxygen atoms in total. The highest BCUT2D eigenvalue weighted by molar-refractivity contribution is 6.76. The Bertz CT molecular complexity index is 271. The molecule has 0 radical (unpaired) electrons. The third-order valence-corrected chi connectivity index (χ3v) is 4.13. The SMILES string of the molecule is C=C(C)C(=O)OCC(O)COCCC[Si](C)(C)C.